The maximum absolute atomic E-state index is 14.8. The fourth-order valence-corrected chi connectivity index (χ4v) is 4.16. The molecule has 33 heavy (non-hydrogen) atoms. The summed E-state index contributed by atoms with van der Waals surface area (Å²) >= 11 is 0. The van der Waals surface area contributed by atoms with Crippen LogP contribution in [-0.2, 0) is 16.0 Å². The molecule has 0 aliphatic rings. The van der Waals surface area contributed by atoms with Gasteiger partial charge in [-0.1, -0.05) is 18.2 Å². The monoisotopic (exact) mass is 475 g/mol. The highest BCUT2D eigenvalue weighted by Gasteiger charge is 2.33. The van der Waals surface area contributed by atoms with Crippen LogP contribution in [0.1, 0.15) is 11.3 Å². The Bertz CT molecular complexity index is 1480. The number of para-hydroxylation sites is 1. The van der Waals surface area contributed by atoms with Gasteiger partial charge in [0, 0.05) is 22.9 Å². The number of rotatable bonds is 4. The Kier molecular flexibility index (Phi) is 5.61. The van der Waals surface area contributed by atoms with E-state index < -0.39 is 27.4 Å². The minimum atomic E-state index is -4.62. The first kappa shape index (κ1) is 22.7. The van der Waals surface area contributed by atoms with Gasteiger partial charge in [-0.2, -0.15) is 13.2 Å². The Balaban J connectivity index is 1.84. The van der Waals surface area contributed by atoms with Crippen molar-refractivity contribution in [2.75, 3.05) is 6.26 Å². The van der Waals surface area contributed by atoms with Crippen molar-refractivity contribution in [3.8, 4) is 22.6 Å². The lowest BCUT2D eigenvalue weighted by molar-refractivity contribution is -0.136. The molecule has 9 heteroatoms. The largest absolute Gasteiger partial charge is 0.457 e. The summed E-state index contributed by atoms with van der Waals surface area (Å²) in [7, 11) is -3.46. The molecule has 1 aromatic heterocycles. The van der Waals surface area contributed by atoms with Crippen molar-refractivity contribution < 1.29 is 30.7 Å². The lowest BCUT2D eigenvalue weighted by atomic mass is 9.97. The van der Waals surface area contributed by atoms with Gasteiger partial charge < -0.3 is 4.74 Å². The Hall–Kier alpha value is -3.46. The van der Waals surface area contributed by atoms with E-state index in [9.17, 15) is 26.0 Å². The number of ether oxygens (including phenoxy) is 1. The molecular formula is C24H17F4NO3S. The number of aryl methyl sites for hydroxylation is 1. The SMILES string of the molecule is Cc1cc(-c2cc(Oc3cccc(S(C)(=O)=O)c3)ccc2F)c2cccc(C(F)(F)F)c2n1. The number of sulfone groups is 1. The second-order valence-electron chi connectivity index (χ2n) is 7.50. The van der Waals surface area contributed by atoms with Gasteiger partial charge in [-0.25, -0.2) is 12.8 Å². The highest BCUT2D eigenvalue weighted by Crippen LogP contribution is 2.39. The molecule has 0 aliphatic carbocycles. The number of hydrogen-bond donors (Lipinski definition) is 0. The van der Waals surface area contributed by atoms with E-state index in [-0.39, 0.29) is 38.4 Å². The summed E-state index contributed by atoms with van der Waals surface area (Å²) in [6.45, 7) is 1.53. The lowest BCUT2D eigenvalue weighted by Gasteiger charge is -2.15. The molecule has 0 aliphatic heterocycles. The molecule has 0 N–H and O–H groups in total. The standard InChI is InChI=1S/C24H17F4NO3S/c1-14-11-19(18-7-4-8-21(23(18)29-14)24(26,27)28)20-13-16(9-10-22(20)25)32-15-5-3-6-17(12-15)33(2,30)31/h3-13H,1-2H3. The van der Waals surface area contributed by atoms with Gasteiger partial charge in [-0.15, -0.1) is 0 Å². The zero-order valence-electron chi connectivity index (χ0n) is 17.4. The molecule has 0 bridgehead atoms. The van der Waals surface area contributed by atoms with Crippen LogP contribution >= 0.6 is 0 Å². The normalized spacial score (nSPS) is 12.2. The molecular weight excluding hydrogens is 458 g/mol. The molecule has 0 spiro atoms. The van der Waals surface area contributed by atoms with Crippen LogP contribution in [0.2, 0.25) is 0 Å². The second kappa shape index (κ2) is 8.15. The van der Waals surface area contributed by atoms with Crippen LogP contribution in [0, 0.1) is 12.7 Å². The number of pyridine rings is 1. The summed E-state index contributed by atoms with van der Waals surface area (Å²) < 4.78 is 84.7. The number of alkyl halides is 3. The lowest BCUT2D eigenvalue weighted by Crippen LogP contribution is -2.07. The number of benzene rings is 3. The molecule has 170 valence electrons. The van der Waals surface area contributed by atoms with Crippen molar-refractivity contribution in [1.29, 1.82) is 0 Å². The number of nitrogens with zero attached hydrogens (tertiary/aromatic N) is 1. The van der Waals surface area contributed by atoms with E-state index in [0.717, 1.165) is 18.4 Å². The highest BCUT2D eigenvalue weighted by molar-refractivity contribution is 7.90. The Morgan fingerprint density at radius 3 is 2.27 bits per heavy atom. The molecule has 4 rings (SSSR count). The van der Waals surface area contributed by atoms with Gasteiger partial charge in [0.25, 0.3) is 0 Å². The van der Waals surface area contributed by atoms with E-state index in [4.69, 9.17) is 4.74 Å². The Morgan fingerprint density at radius 1 is 0.879 bits per heavy atom. The van der Waals surface area contributed by atoms with Gasteiger partial charge in [0.1, 0.15) is 17.3 Å². The van der Waals surface area contributed by atoms with Crippen LogP contribution < -0.4 is 4.74 Å². The predicted octanol–water partition coefficient (Wildman–Crippen LogP) is 6.56. The van der Waals surface area contributed by atoms with Crippen molar-refractivity contribution >= 4 is 20.7 Å². The third kappa shape index (κ3) is 4.68. The molecule has 3 aromatic carbocycles. The second-order valence-corrected chi connectivity index (χ2v) is 9.52. The first-order valence-electron chi connectivity index (χ1n) is 9.69. The number of halogens is 4. The summed E-state index contributed by atoms with van der Waals surface area (Å²) in [6.07, 6.45) is -3.56. The van der Waals surface area contributed by atoms with Crippen molar-refractivity contribution in [1.82, 2.24) is 4.98 Å². The van der Waals surface area contributed by atoms with Crippen LogP contribution in [0.15, 0.2) is 71.6 Å². The molecule has 0 fully saturated rings. The average Bonchev–Trinajstić information content (AvgIpc) is 2.73. The van der Waals surface area contributed by atoms with Crippen LogP contribution in [0.4, 0.5) is 17.6 Å². The quantitative estimate of drug-likeness (QED) is 0.314. The molecule has 1 heterocycles. The van der Waals surface area contributed by atoms with Crippen LogP contribution in [-0.4, -0.2) is 19.7 Å². The predicted molar refractivity (Wildman–Crippen MR) is 117 cm³/mol. The molecule has 0 radical (unpaired) electrons. The number of aromatic nitrogens is 1. The first-order chi connectivity index (χ1) is 15.4. The summed E-state index contributed by atoms with van der Waals surface area (Å²) in [5.74, 6) is -0.256. The Morgan fingerprint density at radius 2 is 1.58 bits per heavy atom. The number of hydrogen-bond acceptors (Lipinski definition) is 4. The maximum Gasteiger partial charge on any atom is 0.418 e. The van der Waals surface area contributed by atoms with Crippen LogP contribution in [0.3, 0.4) is 0 Å². The van der Waals surface area contributed by atoms with Crippen molar-refractivity contribution in [2.45, 2.75) is 18.0 Å². The first-order valence-corrected chi connectivity index (χ1v) is 11.6. The van der Waals surface area contributed by atoms with E-state index in [1.165, 1.54) is 55.5 Å². The zero-order chi connectivity index (χ0) is 24.0. The summed E-state index contributed by atoms with van der Waals surface area (Å²) in [5.41, 5.74) is -0.624. The molecule has 4 nitrogen and oxygen atoms in total. The fraction of sp³-hybridized carbons (Fsp3) is 0.125. The van der Waals surface area contributed by atoms with Crippen LogP contribution in [0.25, 0.3) is 22.0 Å². The van der Waals surface area contributed by atoms with Gasteiger partial charge in [0.2, 0.25) is 0 Å². The van der Waals surface area contributed by atoms with Gasteiger partial charge in [0.05, 0.1) is 16.0 Å². The van der Waals surface area contributed by atoms with Crippen molar-refractivity contribution in [3.63, 3.8) is 0 Å². The summed E-state index contributed by atoms with van der Waals surface area (Å²) in [6, 6.07) is 14.8. The molecule has 0 unspecified atom stereocenters. The van der Waals surface area contributed by atoms with E-state index in [1.54, 1.807) is 6.07 Å². The minimum absolute atomic E-state index is 0.0293. The van der Waals surface area contributed by atoms with E-state index in [2.05, 4.69) is 4.98 Å². The molecule has 0 atom stereocenters. The van der Waals surface area contributed by atoms with Gasteiger partial charge in [-0.05, 0) is 61.0 Å². The van der Waals surface area contributed by atoms with Gasteiger partial charge in [-0.3, -0.25) is 4.98 Å². The minimum Gasteiger partial charge on any atom is -0.457 e. The summed E-state index contributed by atoms with van der Waals surface area (Å²) in [5, 5.41) is 0.144. The maximum atomic E-state index is 14.8. The Labute approximate surface area is 187 Å². The third-order valence-electron chi connectivity index (χ3n) is 4.97. The van der Waals surface area contributed by atoms with E-state index >= 15 is 0 Å². The van der Waals surface area contributed by atoms with Crippen LogP contribution in [0.5, 0.6) is 11.5 Å². The van der Waals surface area contributed by atoms with Gasteiger partial charge >= 0.3 is 6.18 Å². The van der Waals surface area contributed by atoms with E-state index in [1.807, 2.05) is 0 Å². The number of fused-ring (bicyclic) bond motifs is 1. The molecule has 4 aromatic rings. The van der Waals surface area contributed by atoms with Gasteiger partial charge in [0.15, 0.2) is 9.84 Å². The molecule has 0 amide bonds. The summed E-state index contributed by atoms with van der Waals surface area (Å²) in [4.78, 5) is 4.10. The zero-order valence-corrected chi connectivity index (χ0v) is 18.3. The molecule has 0 saturated carbocycles. The third-order valence-corrected chi connectivity index (χ3v) is 6.08. The smallest absolute Gasteiger partial charge is 0.418 e. The van der Waals surface area contributed by atoms with E-state index in [0.29, 0.717) is 5.69 Å². The van der Waals surface area contributed by atoms with Crippen molar-refractivity contribution in [2.24, 2.45) is 0 Å². The fourth-order valence-electron chi connectivity index (χ4n) is 3.51. The van der Waals surface area contributed by atoms with Crippen molar-refractivity contribution in [3.05, 3.63) is 83.8 Å². The average molecular weight is 475 g/mol. The topological polar surface area (TPSA) is 56.3 Å². The molecule has 0 saturated heterocycles. The highest BCUT2D eigenvalue weighted by atomic mass is 32.2.